The van der Waals surface area contributed by atoms with Crippen molar-refractivity contribution in [3.63, 3.8) is 0 Å². The van der Waals surface area contributed by atoms with Gasteiger partial charge in [0, 0.05) is 31.1 Å². The lowest BCUT2D eigenvalue weighted by molar-refractivity contribution is 0.0526. The monoisotopic (exact) mass is 351 g/mol. The van der Waals surface area contributed by atoms with Crippen LogP contribution < -0.4 is 10.4 Å². The molecule has 0 N–H and O–H groups in total. The molecule has 1 aliphatic heterocycles. The van der Waals surface area contributed by atoms with E-state index in [-0.39, 0.29) is 11.7 Å². The van der Waals surface area contributed by atoms with Gasteiger partial charge in [-0.15, -0.1) is 0 Å². The molecule has 0 bridgehead atoms. The van der Waals surface area contributed by atoms with Gasteiger partial charge in [-0.05, 0) is 38.8 Å². The SMILES string of the molecule is Cc1cc(=O)oc2c3c(c(Cl)cc12)OCN(CCCOC(C)C)C3. The van der Waals surface area contributed by atoms with Crippen molar-refractivity contribution in [1.29, 1.82) is 0 Å². The second kappa shape index (κ2) is 7.13. The molecule has 3 rings (SSSR count). The molecule has 0 fully saturated rings. The van der Waals surface area contributed by atoms with Crippen molar-refractivity contribution >= 4 is 22.6 Å². The molecular weight excluding hydrogens is 330 g/mol. The maximum Gasteiger partial charge on any atom is 0.336 e. The lowest BCUT2D eigenvalue weighted by atomic mass is 10.0. The average molecular weight is 352 g/mol. The Morgan fingerprint density at radius 3 is 2.92 bits per heavy atom. The third kappa shape index (κ3) is 3.58. The molecule has 0 aliphatic carbocycles. The van der Waals surface area contributed by atoms with E-state index in [9.17, 15) is 4.79 Å². The van der Waals surface area contributed by atoms with Gasteiger partial charge in [0.15, 0.2) is 0 Å². The highest BCUT2D eigenvalue weighted by atomic mass is 35.5. The lowest BCUT2D eigenvalue weighted by Crippen LogP contribution is -2.33. The van der Waals surface area contributed by atoms with E-state index in [1.54, 1.807) is 6.07 Å². The van der Waals surface area contributed by atoms with Crippen LogP contribution in [0.1, 0.15) is 31.4 Å². The first kappa shape index (κ1) is 17.3. The van der Waals surface area contributed by atoms with E-state index in [2.05, 4.69) is 4.90 Å². The van der Waals surface area contributed by atoms with E-state index < -0.39 is 0 Å². The summed E-state index contributed by atoms with van der Waals surface area (Å²) in [6.45, 7) is 8.60. The van der Waals surface area contributed by atoms with E-state index in [1.807, 2.05) is 20.8 Å². The minimum absolute atomic E-state index is 0.239. The summed E-state index contributed by atoms with van der Waals surface area (Å²) in [5, 5.41) is 1.41. The second-order valence-corrected chi connectivity index (χ2v) is 6.80. The number of nitrogens with zero attached hydrogens (tertiary/aromatic N) is 1. The normalized spacial score (nSPS) is 14.9. The molecule has 1 aromatic heterocycles. The van der Waals surface area contributed by atoms with Crippen LogP contribution in [-0.4, -0.2) is 30.9 Å². The lowest BCUT2D eigenvalue weighted by Gasteiger charge is -2.30. The summed E-state index contributed by atoms with van der Waals surface area (Å²) in [6.07, 6.45) is 1.15. The zero-order valence-electron chi connectivity index (χ0n) is 14.2. The molecule has 0 unspecified atom stereocenters. The molecule has 0 saturated carbocycles. The topological polar surface area (TPSA) is 51.9 Å². The van der Waals surface area contributed by atoms with Gasteiger partial charge in [0.1, 0.15) is 18.1 Å². The maximum absolute atomic E-state index is 11.8. The van der Waals surface area contributed by atoms with E-state index in [0.29, 0.717) is 36.2 Å². The number of benzene rings is 1. The summed E-state index contributed by atoms with van der Waals surface area (Å²) < 4.78 is 16.9. The predicted molar refractivity (Wildman–Crippen MR) is 93.8 cm³/mol. The fourth-order valence-corrected chi connectivity index (χ4v) is 3.21. The zero-order chi connectivity index (χ0) is 17.3. The van der Waals surface area contributed by atoms with Crippen LogP contribution in [0, 0.1) is 6.92 Å². The Kier molecular flexibility index (Phi) is 5.13. The van der Waals surface area contributed by atoms with Crippen molar-refractivity contribution in [2.24, 2.45) is 0 Å². The number of rotatable bonds is 5. The van der Waals surface area contributed by atoms with Crippen molar-refractivity contribution in [3.05, 3.63) is 38.7 Å². The maximum atomic E-state index is 11.8. The van der Waals surface area contributed by atoms with Crippen molar-refractivity contribution in [1.82, 2.24) is 4.90 Å². The highest BCUT2D eigenvalue weighted by Crippen LogP contribution is 2.39. The van der Waals surface area contributed by atoms with Crippen LogP contribution in [-0.2, 0) is 11.3 Å². The van der Waals surface area contributed by atoms with Crippen LogP contribution in [0.5, 0.6) is 5.75 Å². The van der Waals surface area contributed by atoms with Gasteiger partial charge in [-0.2, -0.15) is 0 Å². The Balaban J connectivity index is 1.85. The van der Waals surface area contributed by atoms with Gasteiger partial charge >= 0.3 is 5.63 Å². The number of aryl methyl sites for hydroxylation is 1. The third-order valence-corrected chi connectivity index (χ3v) is 4.37. The summed E-state index contributed by atoms with van der Waals surface area (Å²) in [7, 11) is 0. The van der Waals surface area contributed by atoms with Crippen molar-refractivity contribution in [2.45, 2.75) is 39.8 Å². The fraction of sp³-hybridized carbons (Fsp3) is 0.500. The first-order chi connectivity index (χ1) is 11.5. The van der Waals surface area contributed by atoms with Gasteiger partial charge < -0.3 is 13.9 Å². The van der Waals surface area contributed by atoms with Gasteiger partial charge in [-0.3, -0.25) is 4.90 Å². The molecule has 6 heteroatoms. The van der Waals surface area contributed by atoms with Gasteiger partial charge in [-0.1, -0.05) is 11.6 Å². The smallest absolute Gasteiger partial charge is 0.336 e. The molecule has 1 aromatic carbocycles. The predicted octanol–water partition coefficient (Wildman–Crippen LogP) is 3.72. The Morgan fingerprint density at radius 1 is 1.38 bits per heavy atom. The Bertz CT molecular complexity index is 800. The Labute approximate surface area is 146 Å². The van der Waals surface area contributed by atoms with E-state index in [1.165, 1.54) is 6.07 Å². The van der Waals surface area contributed by atoms with Crippen molar-refractivity contribution in [3.8, 4) is 5.75 Å². The number of ether oxygens (including phenoxy) is 2. The molecule has 1 aliphatic rings. The molecule has 5 nitrogen and oxygen atoms in total. The quantitative estimate of drug-likeness (QED) is 0.607. The van der Waals surface area contributed by atoms with E-state index in [4.69, 9.17) is 25.5 Å². The molecule has 2 heterocycles. The van der Waals surface area contributed by atoms with Crippen LogP contribution in [0.4, 0.5) is 0 Å². The molecule has 24 heavy (non-hydrogen) atoms. The molecule has 0 radical (unpaired) electrons. The Morgan fingerprint density at radius 2 is 2.17 bits per heavy atom. The summed E-state index contributed by atoms with van der Waals surface area (Å²) in [5.74, 6) is 0.618. The van der Waals surface area contributed by atoms with Crippen molar-refractivity contribution in [2.75, 3.05) is 19.9 Å². The van der Waals surface area contributed by atoms with Crippen LogP contribution >= 0.6 is 11.6 Å². The fourth-order valence-electron chi connectivity index (χ4n) is 2.94. The van der Waals surface area contributed by atoms with E-state index >= 15 is 0 Å². The Hall–Kier alpha value is -1.56. The number of hydrogen-bond donors (Lipinski definition) is 0. The molecule has 0 spiro atoms. The van der Waals surface area contributed by atoms with Gasteiger partial charge in [0.25, 0.3) is 0 Å². The van der Waals surface area contributed by atoms with Crippen molar-refractivity contribution < 1.29 is 13.9 Å². The molecule has 2 aromatic rings. The minimum atomic E-state index is -0.355. The number of hydrogen-bond acceptors (Lipinski definition) is 5. The van der Waals surface area contributed by atoms with Crippen LogP contribution in [0.15, 0.2) is 21.3 Å². The molecule has 0 saturated heterocycles. The van der Waals surface area contributed by atoms with Gasteiger partial charge in [-0.25, -0.2) is 4.79 Å². The summed E-state index contributed by atoms with van der Waals surface area (Å²) in [6, 6.07) is 3.29. The molecule has 130 valence electrons. The number of halogens is 1. The highest BCUT2D eigenvalue weighted by molar-refractivity contribution is 6.33. The molecule has 0 atom stereocenters. The molecule has 0 amide bonds. The second-order valence-electron chi connectivity index (χ2n) is 6.39. The van der Waals surface area contributed by atoms with Crippen LogP contribution in [0.3, 0.4) is 0 Å². The van der Waals surface area contributed by atoms with Gasteiger partial charge in [0.05, 0.1) is 16.7 Å². The minimum Gasteiger partial charge on any atom is -0.476 e. The summed E-state index contributed by atoms with van der Waals surface area (Å²) in [4.78, 5) is 13.9. The first-order valence-corrected chi connectivity index (χ1v) is 8.56. The third-order valence-electron chi connectivity index (χ3n) is 4.09. The zero-order valence-corrected chi connectivity index (χ0v) is 15.0. The van der Waals surface area contributed by atoms with Crippen LogP contribution in [0.25, 0.3) is 11.0 Å². The highest BCUT2D eigenvalue weighted by Gasteiger charge is 2.24. The number of fused-ring (bicyclic) bond motifs is 3. The standard InChI is InChI=1S/C18H22ClNO4/c1-11(2)22-6-4-5-20-9-14-17-13(12(3)7-16(21)24-17)8-15(19)18(14)23-10-20/h7-8,11H,4-6,9-10H2,1-3H3. The van der Waals surface area contributed by atoms with Gasteiger partial charge in [0.2, 0.25) is 0 Å². The summed E-state index contributed by atoms with van der Waals surface area (Å²) >= 11 is 6.36. The average Bonchev–Trinajstić information content (AvgIpc) is 2.53. The summed E-state index contributed by atoms with van der Waals surface area (Å²) in [5.41, 5.74) is 1.91. The first-order valence-electron chi connectivity index (χ1n) is 8.18. The van der Waals surface area contributed by atoms with E-state index in [0.717, 1.165) is 29.5 Å². The van der Waals surface area contributed by atoms with Crippen LogP contribution in [0.2, 0.25) is 5.02 Å². The molecular formula is C18H22ClNO4. The largest absolute Gasteiger partial charge is 0.476 e.